The summed E-state index contributed by atoms with van der Waals surface area (Å²) >= 11 is 0. The van der Waals surface area contributed by atoms with Crippen molar-refractivity contribution >= 4 is 23.6 Å². The molecule has 4 amide bonds. The molecule has 8 nitrogen and oxygen atoms in total. The number of nitrogens with zero attached hydrogens (tertiary/aromatic N) is 4. The Labute approximate surface area is 546 Å². The van der Waals surface area contributed by atoms with E-state index in [1.165, 1.54) is 112 Å². The van der Waals surface area contributed by atoms with E-state index in [9.17, 15) is 19.2 Å². The second kappa shape index (κ2) is 32.5. The average molecular weight is 1230 g/mol. The molecule has 492 valence electrons. The van der Waals surface area contributed by atoms with Gasteiger partial charge in [-0.1, -0.05) is 215 Å². The number of piperidine rings is 4. The van der Waals surface area contributed by atoms with Gasteiger partial charge < -0.3 is 19.6 Å². The van der Waals surface area contributed by atoms with Crippen LogP contribution in [0.15, 0.2) is 121 Å². The van der Waals surface area contributed by atoms with Gasteiger partial charge in [0.25, 0.3) is 0 Å². The molecule has 4 aromatic carbocycles. The van der Waals surface area contributed by atoms with Gasteiger partial charge in [-0.15, -0.1) is 0 Å². The molecule has 0 radical (unpaired) electrons. The van der Waals surface area contributed by atoms with Gasteiger partial charge in [0.1, 0.15) is 0 Å². The maximum Gasteiger partial charge on any atom is 0.229 e. The molecule has 0 aromatic heterocycles. The van der Waals surface area contributed by atoms with Gasteiger partial charge in [0.2, 0.25) is 23.6 Å². The molecule has 0 unspecified atom stereocenters. The van der Waals surface area contributed by atoms with E-state index in [1.807, 2.05) is 6.07 Å². The number of rotatable bonds is 16. The second-order valence-corrected chi connectivity index (χ2v) is 31.4. The molecule has 12 rings (SSSR count). The molecule has 8 aliphatic rings. The van der Waals surface area contributed by atoms with Crippen molar-refractivity contribution < 1.29 is 19.2 Å². The quantitative estimate of drug-likeness (QED) is 0.112. The van der Waals surface area contributed by atoms with E-state index in [2.05, 4.69) is 190 Å². The molecule has 90 heavy (non-hydrogen) atoms. The summed E-state index contributed by atoms with van der Waals surface area (Å²) in [5.41, 5.74) is 4.85. The lowest BCUT2D eigenvalue weighted by atomic mass is 9.64. The molecule has 8 heteroatoms. The highest BCUT2D eigenvalue weighted by Crippen LogP contribution is 2.51. The molecule has 0 atom stereocenters. The van der Waals surface area contributed by atoms with Crippen LogP contribution in [0.3, 0.4) is 0 Å². The van der Waals surface area contributed by atoms with Crippen LogP contribution in [0.5, 0.6) is 0 Å². The van der Waals surface area contributed by atoms with Crippen molar-refractivity contribution in [3.05, 3.63) is 144 Å². The van der Waals surface area contributed by atoms with Gasteiger partial charge in [-0.05, 0) is 198 Å². The fourth-order valence-electron chi connectivity index (χ4n) is 17.3. The van der Waals surface area contributed by atoms with Gasteiger partial charge in [0, 0.05) is 52.4 Å². The summed E-state index contributed by atoms with van der Waals surface area (Å²) in [6.45, 7) is 26.3. The number of hydrogen-bond donors (Lipinski definition) is 0. The molecule has 8 fully saturated rings. The predicted molar refractivity (Wildman–Crippen MR) is 372 cm³/mol. The molecule has 4 heterocycles. The Morgan fingerprint density at radius 1 is 0.289 bits per heavy atom. The van der Waals surface area contributed by atoms with Crippen molar-refractivity contribution in [2.24, 2.45) is 69.0 Å². The summed E-state index contributed by atoms with van der Waals surface area (Å²) in [7, 11) is 0. The minimum Gasteiger partial charge on any atom is -0.342 e. The van der Waals surface area contributed by atoms with Crippen molar-refractivity contribution in [3.63, 3.8) is 0 Å². The van der Waals surface area contributed by atoms with E-state index in [1.54, 1.807) is 0 Å². The van der Waals surface area contributed by atoms with Crippen LogP contribution < -0.4 is 0 Å². The topological polar surface area (TPSA) is 81.2 Å². The van der Waals surface area contributed by atoms with E-state index >= 15 is 0 Å². The first-order chi connectivity index (χ1) is 43.4. The lowest BCUT2D eigenvalue weighted by molar-refractivity contribution is -0.149. The zero-order chi connectivity index (χ0) is 63.7. The monoisotopic (exact) mass is 1220 g/mol. The lowest BCUT2D eigenvalue weighted by Crippen LogP contribution is -2.51. The van der Waals surface area contributed by atoms with Crippen LogP contribution in [-0.2, 0) is 44.9 Å². The highest BCUT2D eigenvalue weighted by molar-refractivity contribution is 5.86. The summed E-state index contributed by atoms with van der Waals surface area (Å²) in [5, 5.41) is 0. The Kier molecular flexibility index (Phi) is 25.0. The summed E-state index contributed by atoms with van der Waals surface area (Å²) in [6, 6.07) is 42.3. The second-order valence-electron chi connectivity index (χ2n) is 31.4. The first-order valence-corrected chi connectivity index (χ1v) is 36.8. The van der Waals surface area contributed by atoms with Gasteiger partial charge in [0.15, 0.2) is 0 Å². The standard InChI is InChI=1S/C22H33NO.C21H31NO.C20H29NO.C19H27NO/c1-18(2)20-11-15-23(16-12-20)21(24)22(13-7-4-8-14-22)17-19-9-5-3-6-10-19;1-17(2)19-10-14-22(15-11-19)20(23)21(12-6-7-13-21)16-18-8-4-3-5-9-18;1-16(2)18-9-13-21(14-10-18)19(22)20(11-6-12-20)15-17-7-4-3-5-8-17;1-15(2)17-8-12-20(13-9-17)18(21)19(10-11-19)14-16-6-4-3-5-7-16/h3,5-6,9-10,18,20H,4,7-8,11-17H2,1-2H3;3-5,8-9,17,19H,6-7,10-16H2,1-2H3;3-5,7-8,16,18H,6,9-15H2,1-2H3;3-7,15,17H,8-14H2,1-2H3. The maximum absolute atomic E-state index is 13.5. The first-order valence-electron chi connectivity index (χ1n) is 36.8. The fraction of sp³-hybridized carbons (Fsp3) is 0.659. The van der Waals surface area contributed by atoms with Gasteiger partial charge in [-0.3, -0.25) is 19.2 Å². The van der Waals surface area contributed by atoms with Crippen LogP contribution in [0, 0.1) is 69.0 Å². The average Bonchev–Trinajstić information content (AvgIpc) is 1.52. The minimum atomic E-state index is -0.135. The zero-order valence-electron chi connectivity index (χ0n) is 57.6. The van der Waals surface area contributed by atoms with Crippen molar-refractivity contribution in [3.8, 4) is 0 Å². The highest BCUT2D eigenvalue weighted by Gasteiger charge is 2.52. The number of benzene rings is 4. The Bertz CT molecular complexity index is 2780. The van der Waals surface area contributed by atoms with Crippen LogP contribution in [0.4, 0.5) is 0 Å². The van der Waals surface area contributed by atoms with Crippen LogP contribution >= 0.6 is 0 Å². The van der Waals surface area contributed by atoms with E-state index in [-0.39, 0.29) is 21.7 Å². The Hall–Kier alpha value is -5.24. The SMILES string of the molecule is CC(C)C1CCN(C(=O)C2(Cc3ccccc3)CC2)CC1.CC(C)C1CCN(C(=O)C2(Cc3ccccc3)CCC2)CC1.CC(C)C1CCN(C(=O)C2(Cc3ccccc3)CCCC2)CC1.CC(C)C1CCN(C(=O)C2(Cc3ccccc3)CCCCC2)CC1. The van der Waals surface area contributed by atoms with E-state index in [4.69, 9.17) is 0 Å². The van der Waals surface area contributed by atoms with Crippen molar-refractivity contribution in [2.45, 2.75) is 222 Å². The zero-order valence-corrected chi connectivity index (χ0v) is 57.6. The Balaban J connectivity index is 0.000000142. The van der Waals surface area contributed by atoms with Crippen molar-refractivity contribution in [1.29, 1.82) is 0 Å². The normalized spacial score (nSPS) is 21.7. The van der Waals surface area contributed by atoms with Crippen LogP contribution in [0.25, 0.3) is 0 Å². The maximum atomic E-state index is 13.5. The fourth-order valence-corrected chi connectivity index (χ4v) is 17.3. The van der Waals surface area contributed by atoms with Crippen LogP contribution in [-0.4, -0.2) is 95.6 Å². The van der Waals surface area contributed by atoms with E-state index in [0.29, 0.717) is 23.6 Å². The minimum absolute atomic E-state index is 0.0635. The van der Waals surface area contributed by atoms with E-state index in [0.717, 1.165) is 177 Å². The smallest absolute Gasteiger partial charge is 0.229 e. The lowest BCUT2D eigenvalue weighted by Gasteiger charge is -2.45. The molecule has 0 bridgehead atoms. The Morgan fingerprint density at radius 2 is 0.478 bits per heavy atom. The summed E-state index contributed by atoms with van der Waals surface area (Å²) < 4.78 is 0. The molecule has 4 aliphatic carbocycles. The molecular formula is C82H120N4O4. The Morgan fingerprint density at radius 3 is 0.656 bits per heavy atom. The number of carbonyl (C=O) groups is 4. The molecule has 4 saturated heterocycles. The number of amides is 4. The third-order valence-electron chi connectivity index (χ3n) is 24.0. The summed E-state index contributed by atoms with van der Waals surface area (Å²) in [5.74, 6) is 7.95. The van der Waals surface area contributed by atoms with Gasteiger partial charge in [-0.25, -0.2) is 0 Å². The third kappa shape index (κ3) is 18.1. The van der Waals surface area contributed by atoms with Gasteiger partial charge >= 0.3 is 0 Å². The largest absolute Gasteiger partial charge is 0.342 e. The number of likely N-dealkylation sites (tertiary alicyclic amines) is 4. The van der Waals surface area contributed by atoms with Crippen LogP contribution in [0.1, 0.15) is 219 Å². The summed E-state index contributed by atoms with van der Waals surface area (Å²) in [4.78, 5) is 61.5. The highest BCUT2D eigenvalue weighted by atomic mass is 16.2. The third-order valence-corrected chi connectivity index (χ3v) is 24.0. The molecule has 0 N–H and O–H groups in total. The molecular weight excluding hydrogens is 1100 g/mol. The van der Waals surface area contributed by atoms with Gasteiger partial charge in [0.05, 0.1) is 21.7 Å². The molecule has 0 spiro atoms. The molecule has 4 aliphatic heterocycles. The van der Waals surface area contributed by atoms with Crippen molar-refractivity contribution in [2.75, 3.05) is 52.4 Å². The number of hydrogen-bond acceptors (Lipinski definition) is 4. The van der Waals surface area contributed by atoms with Gasteiger partial charge in [-0.2, -0.15) is 0 Å². The summed E-state index contributed by atoms with van der Waals surface area (Å²) in [6.07, 6.45) is 29.1. The predicted octanol–water partition coefficient (Wildman–Crippen LogP) is 18.0. The van der Waals surface area contributed by atoms with E-state index < -0.39 is 0 Å². The van der Waals surface area contributed by atoms with Crippen LogP contribution in [0.2, 0.25) is 0 Å². The molecule has 4 saturated carbocycles. The van der Waals surface area contributed by atoms with Crippen molar-refractivity contribution in [1.82, 2.24) is 19.6 Å². The molecule has 4 aromatic rings. The number of carbonyl (C=O) groups excluding carboxylic acids is 4. The first kappa shape index (κ1) is 69.1.